The summed E-state index contributed by atoms with van der Waals surface area (Å²) in [7, 11) is 0. The van der Waals surface area contributed by atoms with Crippen LogP contribution in [0.3, 0.4) is 0 Å². The van der Waals surface area contributed by atoms with Crippen LogP contribution in [-0.4, -0.2) is 23.1 Å². The molecule has 33 heavy (non-hydrogen) atoms. The Hall–Kier alpha value is -3.53. The lowest BCUT2D eigenvalue weighted by molar-refractivity contribution is 0.0510. The van der Waals surface area contributed by atoms with Crippen LogP contribution in [0.15, 0.2) is 91.0 Å². The minimum atomic E-state index is -0.211. The molecule has 2 bridgehead atoms. The molecule has 0 radical (unpaired) electrons. The highest BCUT2D eigenvalue weighted by atomic mass is 16.6. The molecule has 2 atom stereocenters. The summed E-state index contributed by atoms with van der Waals surface area (Å²) in [5.74, 6) is 0.894. The van der Waals surface area contributed by atoms with Gasteiger partial charge in [0.25, 0.3) is 0 Å². The molecule has 0 aliphatic carbocycles. The molecule has 2 aliphatic rings. The van der Waals surface area contributed by atoms with Crippen molar-refractivity contribution < 1.29 is 14.3 Å². The molecule has 3 aromatic rings. The average Bonchev–Trinajstić information content (AvgIpc) is 2.87. The van der Waals surface area contributed by atoms with Crippen molar-refractivity contribution in [3.05, 3.63) is 108 Å². The lowest BCUT2D eigenvalue weighted by Crippen LogP contribution is -2.51. The minimum Gasteiger partial charge on any atom is -0.488 e. The Kier molecular flexibility index (Phi) is 6.43. The third kappa shape index (κ3) is 4.95. The fourth-order valence-electron chi connectivity index (χ4n) is 4.90. The van der Waals surface area contributed by atoms with Gasteiger partial charge in [-0.25, -0.2) is 4.79 Å². The van der Waals surface area contributed by atoms with Crippen LogP contribution in [0.2, 0.25) is 0 Å². The number of benzene rings is 3. The monoisotopic (exact) mass is 439 g/mol. The van der Waals surface area contributed by atoms with E-state index in [1.807, 2.05) is 65.6 Å². The first-order valence-electron chi connectivity index (χ1n) is 11.7. The van der Waals surface area contributed by atoms with Gasteiger partial charge in [0, 0.05) is 11.6 Å². The highest BCUT2D eigenvalue weighted by Crippen LogP contribution is 2.40. The predicted octanol–water partition coefficient (Wildman–Crippen LogP) is 6.61. The first-order chi connectivity index (χ1) is 16.3. The number of para-hydroxylation sites is 1. The van der Waals surface area contributed by atoms with E-state index in [9.17, 15) is 4.79 Å². The Balaban J connectivity index is 1.32. The van der Waals surface area contributed by atoms with E-state index in [1.165, 1.54) is 5.57 Å². The van der Waals surface area contributed by atoms with Gasteiger partial charge in [-0.05, 0) is 48.4 Å². The highest BCUT2D eigenvalue weighted by molar-refractivity contribution is 5.76. The summed E-state index contributed by atoms with van der Waals surface area (Å²) in [6.45, 7) is 0.846. The molecule has 2 aliphatic heterocycles. The van der Waals surface area contributed by atoms with E-state index >= 15 is 0 Å². The van der Waals surface area contributed by atoms with Crippen LogP contribution in [0.5, 0.6) is 5.75 Å². The van der Waals surface area contributed by atoms with Crippen molar-refractivity contribution >= 4 is 11.7 Å². The van der Waals surface area contributed by atoms with Gasteiger partial charge in [0.2, 0.25) is 0 Å². The third-order valence-corrected chi connectivity index (χ3v) is 6.52. The van der Waals surface area contributed by atoms with Crippen LogP contribution in [0.25, 0.3) is 5.57 Å². The predicted molar refractivity (Wildman–Crippen MR) is 130 cm³/mol. The van der Waals surface area contributed by atoms with Gasteiger partial charge in [-0.2, -0.15) is 0 Å². The summed E-state index contributed by atoms with van der Waals surface area (Å²) in [5.41, 5.74) is 4.55. The van der Waals surface area contributed by atoms with Gasteiger partial charge < -0.3 is 9.47 Å². The molecule has 4 heteroatoms. The molecule has 168 valence electrons. The van der Waals surface area contributed by atoms with Crippen LogP contribution in [-0.2, 0) is 18.0 Å². The fraction of sp³-hybridized carbons (Fsp3) is 0.276. The molecule has 0 N–H and O–H groups in total. The Bertz CT molecular complexity index is 1110. The number of nitrogens with zero attached hydrogens (tertiary/aromatic N) is 1. The van der Waals surface area contributed by atoms with Gasteiger partial charge in [-0.15, -0.1) is 0 Å². The van der Waals surface area contributed by atoms with Crippen molar-refractivity contribution in [2.24, 2.45) is 0 Å². The summed E-state index contributed by atoms with van der Waals surface area (Å²) in [4.78, 5) is 15.0. The number of amides is 1. The second-order valence-electron chi connectivity index (χ2n) is 8.77. The Morgan fingerprint density at radius 2 is 1.48 bits per heavy atom. The summed E-state index contributed by atoms with van der Waals surface area (Å²) in [6.07, 6.45) is 5.97. The van der Waals surface area contributed by atoms with E-state index in [-0.39, 0.29) is 18.2 Å². The molecule has 1 amide bonds. The smallest absolute Gasteiger partial charge is 0.410 e. The molecular formula is C29H29NO3. The molecule has 5 rings (SSSR count). The zero-order valence-electron chi connectivity index (χ0n) is 18.7. The number of rotatable bonds is 6. The van der Waals surface area contributed by atoms with Gasteiger partial charge >= 0.3 is 6.09 Å². The van der Waals surface area contributed by atoms with Crippen molar-refractivity contribution in [2.75, 3.05) is 0 Å². The first-order valence-corrected chi connectivity index (χ1v) is 11.7. The lowest BCUT2D eigenvalue weighted by atomic mass is 9.83. The van der Waals surface area contributed by atoms with Crippen molar-refractivity contribution in [1.29, 1.82) is 0 Å². The van der Waals surface area contributed by atoms with Crippen molar-refractivity contribution in [2.45, 2.75) is 51.0 Å². The van der Waals surface area contributed by atoms with Crippen LogP contribution in [0, 0.1) is 0 Å². The zero-order valence-corrected chi connectivity index (χ0v) is 18.7. The number of carbonyl (C=O) groups excluding carboxylic acids is 1. The van der Waals surface area contributed by atoms with Crippen LogP contribution in [0.4, 0.5) is 4.79 Å². The van der Waals surface area contributed by atoms with E-state index in [2.05, 4.69) is 30.3 Å². The maximum atomic E-state index is 13.0. The third-order valence-electron chi connectivity index (χ3n) is 6.52. The second-order valence-corrected chi connectivity index (χ2v) is 8.77. The number of hydrogen-bond donors (Lipinski definition) is 0. The van der Waals surface area contributed by atoms with Crippen molar-refractivity contribution in [1.82, 2.24) is 4.90 Å². The van der Waals surface area contributed by atoms with E-state index in [0.717, 1.165) is 48.1 Å². The second kappa shape index (κ2) is 9.95. The summed E-state index contributed by atoms with van der Waals surface area (Å²) >= 11 is 0. The SMILES string of the molecule is O=C(OCc1ccccc1)N1C2C=C(c3ccccc3OCc3ccccc3)CC1CCC2. The van der Waals surface area contributed by atoms with E-state index in [1.54, 1.807) is 0 Å². The molecular weight excluding hydrogens is 410 g/mol. The topological polar surface area (TPSA) is 38.8 Å². The van der Waals surface area contributed by atoms with E-state index in [0.29, 0.717) is 13.2 Å². The number of ether oxygens (including phenoxy) is 2. The lowest BCUT2D eigenvalue weighted by Gasteiger charge is -2.44. The summed E-state index contributed by atoms with van der Waals surface area (Å²) in [5, 5.41) is 0. The van der Waals surface area contributed by atoms with Crippen LogP contribution >= 0.6 is 0 Å². The largest absolute Gasteiger partial charge is 0.488 e. The molecule has 0 saturated carbocycles. The number of piperidine rings is 1. The first kappa shape index (κ1) is 21.3. The standard InChI is InChI=1S/C29H29NO3/c31-29(33-21-23-12-5-2-6-13-23)30-25-14-9-15-26(30)19-24(18-25)27-16-7-8-17-28(27)32-20-22-10-3-1-4-11-22/h1-8,10-13,16-18,25-26H,9,14-15,19-21H2. The van der Waals surface area contributed by atoms with Crippen LogP contribution < -0.4 is 4.74 Å². The van der Waals surface area contributed by atoms with Gasteiger partial charge in [0.1, 0.15) is 19.0 Å². The Morgan fingerprint density at radius 3 is 2.21 bits per heavy atom. The van der Waals surface area contributed by atoms with Crippen molar-refractivity contribution in [3.8, 4) is 5.75 Å². The number of carbonyl (C=O) groups is 1. The highest BCUT2D eigenvalue weighted by Gasteiger charge is 2.38. The van der Waals surface area contributed by atoms with Crippen LogP contribution in [0.1, 0.15) is 42.4 Å². The number of hydrogen-bond acceptors (Lipinski definition) is 3. The number of fused-ring (bicyclic) bond motifs is 2. The Labute approximate surface area is 195 Å². The fourth-order valence-corrected chi connectivity index (χ4v) is 4.90. The Morgan fingerprint density at radius 1 is 0.818 bits per heavy atom. The molecule has 2 unspecified atom stereocenters. The van der Waals surface area contributed by atoms with Gasteiger partial charge in [-0.1, -0.05) is 84.9 Å². The quantitative estimate of drug-likeness (QED) is 0.434. The molecule has 1 saturated heterocycles. The molecule has 2 heterocycles. The molecule has 4 nitrogen and oxygen atoms in total. The van der Waals surface area contributed by atoms with Crippen molar-refractivity contribution in [3.63, 3.8) is 0 Å². The maximum absolute atomic E-state index is 13.0. The van der Waals surface area contributed by atoms with E-state index in [4.69, 9.17) is 9.47 Å². The van der Waals surface area contributed by atoms with E-state index < -0.39 is 0 Å². The zero-order chi connectivity index (χ0) is 22.5. The molecule has 3 aromatic carbocycles. The minimum absolute atomic E-state index is 0.0675. The average molecular weight is 440 g/mol. The normalized spacial score (nSPS) is 19.5. The van der Waals surface area contributed by atoms with Gasteiger partial charge in [0.05, 0.1) is 6.04 Å². The summed E-state index contributed by atoms with van der Waals surface area (Å²) in [6, 6.07) is 28.5. The maximum Gasteiger partial charge on any atom is 0.410 e. The molecule has 0 spiro atoms. The summed E-state index contributed by atoms with van der Waals surface area (Å²) < 4.78 is 11.9. The molecule has 1 fully saturated rings. The van der Waals surface area contributed by atoms with Gasteiger partial charge in [-0.3, -0.25) is 4.90 Å². The van der Waals surface area contributed by atoms with Gasteiger partial charge in [0.15, 0.2) is 0 Å². The molecule has 0 aromatic heterocycles.